The Hall–Kier alpha value is -1.47. The zero-order valence-electron chi connectivity index (χ0n) is 14.1. The second kappa shape index (κ2) is 7.19. The van der Waals surface area contributed by atoms with E-state index in [4.69, 9.17) is 0 Å². The molecular weight excluding hydrogens is 326 g/mol. The highest BCUT2D eigenvalue weighted by atomic mass is 32.2. The third-order valence-electron chi connectivity index (χ3n) is 5.16. The van der Waals surface area contributed by atoms with Crippen LogP contribution in [0.4, 0.5) is 0 Å². The van der Waals surface area contributed by atoms with E-state index in [-0.39, 0.29) is 16.7 Å². The number of likely N-dealkylation sites (tertiary alicyclic amines) is 1. The van der Waals surface area contributed by atoms with Gasteiger partial charge in [-0.1, -0.05) is 0 Å². The zero-order valence-corrected chi connectivity index (χ0v) is 14.9. The highest BCUT2D eigenvalue weighted by Gasteiger charge is 2.35. The topological polar surface area (TPSA) is 70.6 Å². The van der Waals surface area contributed by atoms with E-state index < -0.39 is 10.0 Å². The summed E-state index contributed by atoms with van der Waals surface area (Å²) < 4.78 is 26.7. The number of carbonyl (C=O) groups is 1. The number of hydrogen-bond acceptors (Lipinski definition) is 4. The number of amides is 1. The molecule has 0 aliphatic carbocycles. The number of pyridine rings is 1. The van der Waals surface area contributed by atoms with Crippen LogP contribution < -0.4 is 0 Å². The molecule has 0 radical (unpaired) electrons. The first kappa shape index (κ1) is 17.4. The van der Waals surface area contributed by atoms with Gasteiger partial charge in [-0.25, -0.2) is 8.42 Å². The van der Waals surface area contributed by atoms with Crippen LogP contribution in [0.15, 0.2) is 29.4 Å². The lowest BCUT2D eigenvalue weighted by Gasteiger charge is -2.38. The van der Waals surface area contributed by atoms with Crippen molar-refractivity contribution in [2.24, 2.45) is 5.92 Å². The molecule has 1 amide bonds. The van der Waals surface area contributed by atoms with Crippen molar-refractivity contribution in [1.82, 2.24) is 14.2 Å². The Morgan fingerprint density at radius 3 is 2.54 bits per heavy atom. The fourth-order valence-corrected chi connectivity index (χ4v) is 5.09. The normalized spacial score (nSPS) is 24.0. The molecule has 2 saturated heterocycles. The molecule has 1 aromatic rings. The van der Waals surface area contributed by atoms with E-state index in [0.29, 0.717) is 32.0 Å². The average molecular weight is 351 g/mol. The molecule has 24 heavy (non-hydrogen) atoms. The summed E-state index contributed by atoms with van der Waals surface area (Å²) in [4.78, 5) is 18.9. The third kappa shape index (κ3) is 3.47. The predicted molar refractivity (Wildman–Crippen MR) is 90.7 cm³/mol. The standard InChI is InChI=1S/C17H25N3O3S/c1-14-5-2-3-10-20(14)17(21)15-7-11-19(12-8-15)24(22,23)16-6-4-9-18-13-16/h4,6,9,13-15H,2-3,5,7-8,10-12H2,1H3. The second-order valence-corrected chi connectivity index (χ2v) is 8.68. The Morgan fingerprint density at radius 2 is 1.92 bits per heavy atom. The molecule has 1 atom stereocenters. The maximum atomic E-state index is 12.7. The molecule has 1 unspecified atom stereocenters. The second-order valence-electron chi connectivity index (χ2n) is 6.74. The summed E-state index contributed by atoms with van der Waals surface area (Å²) in [5.41, 5.74) is 0. The van der Waals surface area contributed by atoms with Crippen LogP contribution in [0.25, 0.3) is 0 Å². The molecule has 132 valence electrons. The van der Waals surface area contributed by atoms with Gasteiger partial charge in [0.05, 0.1) is 0 Å². The molecule has 2 fully saturated rings. The van der Waals surface area contributed by atoms with Gasteiger partial charge < -0.3 is 4.90 Å². The molecule has 0 saturated carbocycles. The fourth-order valence-electron chi connectivity index (χ4n) is 3.65. The Balaban J connectivity index is 1.62. The molecule has 0 bridgehead atoms. The molecule has 7 heteroatoms. The van der Waals surface area contributed by atoms with Gasteiger partial charge in [0.25, 0.3) is 0 Å². The summed E-state index contributed by atoms with van der Waals surface area (Å²) in [6, 6.07) is 3.50. The molecule has 3 heterocycles. The van der Waals surface area contributed by atoms with Crippen molar-refractivity contribution in [2.45, 2.75) is 50.0 Å². The van der Waals surface area contributed by atoms with E-state index in [1.807, 2.05) is 4.90 Å². The predicted octanol–water partition coefficient (Wildman–Crippen LogP) is 1.88. The summed E-state index contributed by atoms with van der Waals surface area (Å²) in [5.74, 6) is 0.159. The van der Waals surface area contributed by atoms with Gasteiger partial charge in [-0.15, -0.1) is 0 Å². The Morgan fingerprint density at radius 1 is 1.17 bits per heavy atom. The third-order valence-corrected chi connectivity index (χ3v) is 7.04. The van der Waals surface area contributed by atoms with Crippen LogP contribution in [0.1, 0.15) is 39.0 Å². The minimum Gasteiger partial charge on any atom is -0.340 e. The van der Waals surface area contributed by atoms with E-state index in [0.717, 1.165) is 19.4 Å². The van der Waals surface area contributed by atoms with E-state index in [1.54, 1.807) is 18.3 Å². The van der Waals surface area contributed by atoms with E-state index in [9.17, 15) is 13.2 Å². The number of hydrogen-bond donors (Lipinski definition) is 0. The lowest BCUT2D eigenvalue weighted by atomic mass is 9.94. The van der Waals surface area contributed by atoms with Crippen molar-refractivity contribution in [3.8, 4) is 0 Å². The summed E-state index contributed by atoms with van der Waals surface area (Å²) >= 11 is 0. The largest absolute Gasteiger partial charge is 0.340 e. The van der Waals surface area contributed by atoms with Gasteiger partial charge >= 0.3 is 0 Å². The average Bonchev–Trinajstić information content (AvgIpc) is 2.62. The highest BCUT2D eigenvalue weighted by Crippen LogP contribution is 2.27. The molecule has 1 aromatic heterocycles. The molecule has 0 N–H and O–H groups in total. The van der Waals surface area contributed by atoms with Gasteiger partial charge in [0.1, 0.15) is 4.90 Å². The Kier molecular flexibility index (Phi) is 5.20. The Bertz CT molecular complexity index is 670. The highest BCUT2D eigenvalue weighted by molar-refractivity contribution is 7.89. The van der Waals surface area contributed by atoms with Gasteiger partial charge in [-0.05, 0) is 51.2 Å². The summed E-state index contributed by atoms with van der Waals surface area (Å²) in [6.45, 7) is 3.75. The maximum Gasteiger partial charge on any atom is 0.244 e. The first-order valence-corrected chi connectivity index (χ1v) is 10.1. The molecule has 2 aliphatic rings. The minimum absolute atomic E-state index is 0.0501. The smallest absolute Gasteiger partial charge is 0.244 e. The van der Waals surface area contributed by atoms with Crippen molar-refractivity contribution in [3.05, 3.63) is 24.5 Å². The van der Waals surface area contributed by atoms with Crippen LogP contribution in [-0.2, 0) is 14.8 Å². The van der Waals surface area contributed by atoms with Gasteiger partial charge in [-0.3, -0.25) is 9.78 Å². The number of carbonyl (C=O) groups excluding carboxylic acids is 1. The molecule has 0 aromatic carbocycles. The van der Waals surface area contributed by atoms with Crippen molar-refractivity contribution in [1.29, 1.82) is 0 Å². The Labute approximate surface area is 143 Å². The summed E-state index contributed by atoms with van der Waals surface area (Å²) in [7, 11) is -3.50. The van der Waals surface area contributed by atoms with Gasteiger partial charge in [-0.2, -0.15) is 4.31 Å². The van der Waals surface area contributed by atoms with Crippen LogP contribution in [0.2, 0.25) is 0 Å². The molecular formula is C17H25N3O3S. The molecule has 3 rings (SSSR count). The van der Waals surface area contributed by atoms with E-state index in [2.05, 4.69) is 11.9 Å². The maximum absolute atomic E-state index is 12.7. The van der Waals surface area contributed by atoms with Crippen molar-refractivity contribution in [2.75, 3.05) is 19.6 Å². The number of aromatic nitrogens is 1. The lowest BCUT2D eigenvalue weighted by molar-refractivity contribution is -0.140. The van der Waals surface area contributed by atoms with Gasteiger partial charge in [0.2, 0.25) is 15.9 Å². The number of sulfonamides is 1. The van der Waals surface area contributed by atoms with Crippen molar-refractivity contribution in [3.63, 3.8) is 0 Å². The first-order valence-electron chi connectivity index (χ1n) is 8.71. The minimum atomic E-state index is -3.50. The quantitative estimate of drug-likeness (QED) is 0.834. The number of piperidine rings is 2. The first-order chi connectivity index (χ1) is 11.5. The number of nitrogens with zero attached hydrogens (tertiary/aromatic N) is 3. The van der Waals surface area contributed by atoms with Crippen molar-refractivity contribution < 1.29 is 13.2 Å². The van der Waals surface area contributed by atoms with Gasteiger partial charge in [0, 0.05) is 44.0 Å². The van der Waals surface area contributed by atoms with Crippen LogP contribution in [0.5, 0.6) is 0 Å². The SMILES string of the molecule is CC1CCCCN1C(=O)C1CCN(S(=O)(=O)c2cccnc2)CC1. The zero-order chi connectivity index (χ0) is 17.2. The number of rotatable bonds is 3. The van der Waals surface area contributed by atoms with Crippen LogP contribution in [0, 0.1) is 5.92 Å². The fraction of sp³-hybridized carbons (Fsp3) is 0.647. The van der Waals surface area contributed by atoms with Gasteiger partial charge in [0.15, 0.2) is 0 Å². The lowest BCUT2D eigenvalue weighted by Crippen LogP contribution is -2.48. The summed E-state index contributed by atoms with van der Waals surface area (Å²) in [5, 5.41) is 0. The molecule has 2 aliphatic heterocycles. The molecule has 6 nitrogen and oxygen atoms in total. The van der Waals surface area contributed by atoms with Crippen LogP contribution in [-0.4, -0.2) is 54.2 Å². The van der Waals surface area contributed by atoms with Crippen LogP contribution >= 0.6 is 0 Å². The monoisotopic (exact) mass is 351 g/mol. The van der Waals surface area contributed by atoms with Crippen LogP contribution in [0.3, 0.4) is 0 Å². The molecule has 0 spiro atoms. The summed E-state index contributed by atoms with van der Waals surface area (Å²) in [6.07, 6.45) is 7.46. The van der Waals surface area contributed by atoms with Crippen molar-refractivity contribution >= 4 is 15.9 Å². The van der Waals surface area contributed by atoms with E-state index >= 15 is 0 Å². The van der Waals surface area contributed by atoms with E-state index in [1.165, 1.54) is 16.9 Å².